The summed E-state index contributed by atoms with van der Waals surface area (Å²) >= 11 is 0. The molecule has 0 rings (SSSR count). The van der Waals surface area contributed by atoms with Crippen molar-refractivity contribution >= 4 is 5.97 Å². The van der Waals surface area contributed by atoms with E-state index in [0.29, 0.717) is 38.5 Å². The van der Waals surface area contributed by atoms with Crippen LogP contribution in [0.4, 0.5) is 0 Å². The number of rotatable bonds is 10. The van der Waals surface area contributed by atoms with E-state index in [1.807, 2.05) is 0 Å². The van der Waals surface area contributed by atoms with Gasteiger partial charge >= 0.3 is 5.97 Å². The van der Waals surface area contributed by atoms with Crippen LogP contribution in [-0.4, -0.2) is 46.2 Å². The van der Waals surface area contributed by atoms with Crippen LogP contribution in [-0.2, 0) is 4.79 Å². The standard InChI is InChI=1S/C11H22O5/c12-7-1-4-11(10(15)16,5-2-8-13)6-3-9-14/h12-14H,1-9H2,(H,15,16). The maximum Gasteiger partial charge on any atom is 0.309 e. The zero-order valence-electron chi connectivity index (χ0n) is 9.56. The molecule has 0 saturated carbocycles. The van der Waals surface area contributed by atoms with Crippen molar-refractivity contribution in [3.8, 4) is 0 Å². The van der Waals surface area contributed by atoms with E-state index in [0.717, 1.165) is 0 Å². The van der Waals surface area contributed by atoms with Crippen LogP contribution in [0, 0.1) is 5.41 Å². The molecule has 0 saturated heterocycles. The molecule has 0 amide bonds. The zero-order valence-corrected chi connectivity index (χ0v) is 9.56. The molecule has 0 radical (unpaired) electrons. The summed E-state index contributed by atoms with van der Waals surface area (Å²) in [6, 6.07) is 0. The highest BCUT2D eigenvalue weighted by Crippen LogP contribution is 2.35. The number of carboxylic acids is 1. The molecule has 0 fully saturated rings. The minimum Gasteiger partial charge on any atom is -0.481 e. The molecular weight excluding hydrogens is 212 g/mol. The third kappa shape index (κ3) is 4.92. The van der Waals surface area contributed by atoms with Gasteiger partial charge < -0.3 is 20.4 Å². The van der Waals surface area contributed by atoms with Gasteiger partial charge in [-0.3, -0.25) is 4.79 Å². The van der Waals surface area contributed by atoms with Gasteiger partial charge in [-0.25, -0.2) is 0 Å². The molecule has 16 heavy (non-hydrogen) atoms. The summed E-state index contributed by atoms with van der Waals surface area (Å²) in [4.78, 5) is 11.3. The van der Waals surface area contributed by atoms with Crippen LogP contribution in [0.25, 0.3) is 0 Å². The summed E-state index contributed by atoms with van der Waals surface area (Å²) in [6.45, 7) is -0.103. The van der Waals surface area contributed by atoms with E-state index in [4.69, 9.17) is 15.3 Å². The van der Waals surface area contributed by atoms with E-state index in [2.05, 4.69) is 0 Å². The average Bonchev–Trinajstić information content (AvgIpc) is 2.28. The maximum atomic E-state index is 11.3. The van der Waals surface area contributed by atoms with E-state index >= 15 is 0 Å². The normalized spacial score (nSPS) is 11.7. The van der Waals surface area contributed by atoms with E-state index in [1.165, 1.54) is 0 Å². The second-order valence-electron chi connectivity index (χ2n) is 4.07. The van der Waals surface area contributed by atoms with Crippen LogP contribution >= 0.6 is 0 Å². The van der Waals surface area contributed by atoms with Gasteiger partial charge in [-0.1, -0.05) is 0 Å². The predicted octanol–water partition coefficient (Wildman–Crippen LogP) is 0.375. The van der Waals surface area contributed by atoms with Crippen LogP contribution in [0.5, 0.6) is 0 Å². The molecule has 0 aromatic rings. The molecule has 5 nitrogen and oxygen atoms in total. The number of carboxylic acid groups (broad SMARTS) is 1. The lowest BCUT2D eigenvalue weighted by Gasteiger charge is -2.29. The molecule has 0 heterocycles. The number of hydrogen-bond acceptors (Lipinski definition) is 4. The van der Waals surface area contributed by atoms with E-state index < -0.39 is 11.4 Å². The number of aliphatic carboxylic acids is 1. The lowest BCUT2D eigenvalue weighted by Crippen LogP contribution is -2.32. The smallest absolute Gasteiger partial charge is 0.309 e. The van der Waals surface area contributed by atoms with E-state index in [1.54, 1.807) is 0 Å². The Bertz CT molecular complexity index is 171. The third-order valence-electron chi connectivity index (χ3n) is 2.89. The second-order valence-corrected chi connectivity index (χ2v) is 4.07. The molecule has 0 bridgehead atoms. The number of carbonyl (C=O) groups is 1. The van der Waals surface area contributed by atoms with Crippen molar-refractivity contribution in [1.82, 2.24) is 0 Å². The summed E-state index contributed by atoms with van der Waals surface area (Å²) in [5, 5.41) is 35.6. The minimum atomic E-state index is -0.909. The van der Waals surface area contributed by atoms with Crippen LogP contribution in [0.1, 0.15) is 38.5 Å². The van der Waals surface area contributed by atoms with Gasteiger partial charge in [0.25, 0.3) is 0 Å². The fourth-order valence-electron chi connectivity index (χ4n) is 1.95. The Morgan fingerprint density at radius 3 is 1.31 bits per heavy atom. The first kappa shape index (κ1) is 15.3. The molecule has 0 aliphatic heterocycles. The van der Waals surface area contributed by atoms with Gasteiger partial charge in [-0.05, 0) is 38.5 Å². The van der Waals surface area contributed by atoms with Crippen molar-refractivity contribution in [3.05, 3.63) is 0 Å². The van der Waals surface area contributed by atoms with Crippen molar-refractivity contribution in [1.29, 1.82) is 0 Å². The Morgan fingerprint density at radius 2 is 1.12 bits per heavy atom. The first-order valence-corrected chi connectivity index (χ1v) is 5.69. The number of aliphatic hydroxyl groups excluding tert-OH is 3. The second kappa shape index (κ2) is 8.50. The van der Waals surface area contributed by atoms with Crippen LogP contribution in [0.3, 0.4) is 0 Å². The summed E-state index contributed by atoms with van der Waals surface area (Å²) < 4.78 is 0. The van der Waals surface area contributed by atoms with Gasteiger partial charge in [0, 0.05) is 19.8 Å². The molecule has 5 heteroatoms. The summed E-state index contributed by atoms with van der Waals surface area (Å²) in [6.07, 6.45) is 2.46. The van der Waals surface area contributed by atoms with E-state index in [9.17, 15) is 9.90 Å². The first-order valence-electron chi connectivity index (χ1n) is 5.69. The first-order chi connectivity index (χ1) is 7.63. The highest BCUT2D eigenvalue weighted by atomic mass is 16.4. The average molecular weight is 234 g/mol. The topological polar surface area (TPSA) is 98.0 Å². The largest absolute Gasteiger partial charge is 0.481 e. The fourth-order valence-corrected chi connectivity index (χ4v) is 1.95. The number of hydrogen-bond donors (Lipinski definition) is 4. The van der Waals surface area contributed by atoms with Gasteiger partial charge in [0.1, 0.15) is 0 Å². The molecule has 0 aromatic carbocycles. The van der Waals surface area contributed by atoms with Gasteiger partial charge in [0.15, 0.2) is 0 Å². The lowest BCUT2D eigenvalue weighted by molar-refractivity contribution is -0.151. The van der Waals surface area contributed by atoms with Gasteiger partial charge in [-0.2, -0.15) is 0 Å². The molecule has 0 unspecified atom stereocenters. The molecule has 96 valence electrons. The minimum absolute atomic E-state index is 0.0344. The van der Waals surface area contributed by atoms with Crippen LogP contribution < -0.4 is 0 Å². The van der Waals surface area contributed by atoms with Crippen molar-refractivity contribution < 1.29 is 25.2 Å². The molecule has 0 spiro atoms. The van der Waals surface area contributed by atoms with Crippen molar-refractivity contribution in [2.45, 2.75) is 38.5 Å². The molecule has 4 N–H and O–H groups in total. The SMILES string of the molecule is O=C(O)C(CCCO)(CCCO)CCCO. The summed E-state index contributed by atoms with van der Waals surface area (Å²) in [5.41, 5.74) is -0.909. The molecule has 0 atom stereocenters. The zero-order chi connectivity index (χ0) is 12.4. The predicted molar refractivity (Wildman–Crippen MR) is 59.0 cm³/mol. The Balaban J connectivity index is 4.52. The Hall–Kier alpha value is -0.650. The molecule has 0 aliphatic rings. The highest BCUT2D eigenvalue weighted by Gasteiger charge is 2.36. The number of aliphatic hydroxyl groups is 3. The monoisotopic (exact) mass is 234 g/mol. The molecular formula is C11H22O5. The maximum absolute atomic E-state index is 11.3. The molecule has 0 aromatic heterocycles. The van der Waals surface area contributed by atoms with Crippen LogP contribution in [0.15, 0.2) is 0 Å². The van der Waals surface area contributed by atoms with Crippen molar-refractivity contribution in [2.24, 2.45) is 5.41 Å². The Kier molecular flexibility index (Phi) is 8.15. The third-order valence-corrected chi connectivity index (χ3v) is 2.89. The molecule has 0 aliphatic carbocycles. The summed E-state index contributed by atoms with van der Waals surface area (Å²) in [7, 11) is 0. The highest BCUT2D eigenvalue weighted by molar-refractivity contribution is 5.74. The van der Waals surface area contributed by atoms with Crippen molar-refractivity contribution in [3.63, 3.8) is 0 Å². The Morgan fingerprint density at radius 1 is 0.812 bits per heavy atom. The lowest BCUT2D eigenvalue weighted by atomic mass is 9.75. The van der Waals surface area contributed by atoms with E-state index in [-0.39, 0.29) is 19.8 Å². The Labute approximate surface area is 95.7 Å². The van der Waals surface area contributed by atoms with Gasteiger partial charge in [0.05, 0.1) is 5.41 Å². The quantitative estimate of drug-likeness (QED) is 0.438. The van der Waals surface area contributed by atoms with Gasteiger partial charge in [-0.15, -0.1) is 0 Å². The van der Waals surface area contributed by atoms with Gasteiger partial charge in [0.2, 0.25) is 0 Å². The summed E-state index contributed by atoms with van der Waals surface area (Å²) in [5.74, 6) is -0.900. The fraction of sp³-hybridized carbons (Fsp3) is 0.909. The van der Waals surface area contributed by atoms with Crippen molar-refractivity contribution in [2.75, 3.05) is 19.8 Å². The van der Waals surface area contributed by atoms with Crippen LogP contribution in [0.2, 0.25) is 0 Å².